The molecule has 0 saturated carbocycles. The topological polar surface area (TPSA) is 68.5 Å². The average Bonchev–Trinajstić information content (AvgIpc) is 2.87. The highest BCUT2D eigenvalue weighted by atomic mass is 19.1. The van der Waals surface area contributed by atoms with Crippen LogP contribution >= 0.6 is 0 Å². The molecule has 1 atom stereocenters. The van der Waals surface area contributed by atoms with E-state index in [-0.39, 0.29) is 23.1 Å². The van der Waals surface area contributed by atoms with Gasteiger partial charge in [0.1, 0.15) is 17.4 Å². The summed E-state index contributed by atoms with van der Waals surface area (Å²) < 4.78 is 34.4. The Balaban J connectivity index is 1.55. The van der Waals surface area contributed by atoms with E-state index < -0.39 is 12.1 Å². The molecule has 0 amide bonds. The molecule has 4 aromatic rings. The van der Waals surface area contributed by atoms with E-state index in [4.69, 9.17) is 9.84 Å². The fraction of sp³-hybridized carbons (Fsp3) is 0.226. The number of rotatable bonds is 10. The average molecular weight is 518 g/mol. The number of ether oxygens (including phenoxy) is 1. The van der Waals surface area contributed by atoms with E-state index in [1.54, 1.807) is 47.2 Å². The highest BCUT2D eigenvalue weighted by Gasteiger charge is 2.18. The molecule has 0 bridgehead atoms. The van der Waals surface area contributed by atoms with Gasteiger partial charge in [-0.1, -0.05) is 36.4 Å². The highest BCUT2D eigenvalue weighted by Crippen LogP contribution is 2.32. The van der Waals surface area contributed by atoms with E-state index in [1.165, 1.54) is 37.3 Å². The van der Waals surface area contributed by atoms with Crippen molar-refractivity contribution < 1.29 is 23.4 Å². The van der Waals surface area contributed by atoms with Crippen molar-refractivity contribution in [3.63, 3.8) is 0 Å². The van der Waals surface area contributed by atoms with Crippen molar-refractivity contribution in [2.75, 3.05) is 0 Å². The molecule has 0 aliphatic rings. The van der Waals surface area contributed by atoms with Crippen LogP contribution in [0.5, 0.6) is 5.75 Å². The number of pyridine rings is 1. The smallest absolute Gasteiger partial charge is 0.344 e. The van der Waals surface area contributed by atoms with Crippen molar-refractivity contribution in [1.82, 2.24) is 4.57 Å². The maximum absolute atomic E-state index is 13.6. The molecule has 0 spiro atoms. The maximum Gasteiger partial charge on any atom is 0.344 e. The minimum atomic E-state index is -1.04. The van der Waals surface area contributed by atoms with Crippen LogP contribution in [0.15, 0.2) is 89.9 Å². The molecule has 196 valence electrons. The number of aryl methyl sites for hydroxylation is 3. The standard InChI is InChI=1S/C31H29F2NO4/c1-20-16-22(18-28(17-20)38-21(2)31(36)37)4-3-15-34-19-25(9-14-29(34)35)30(23-5-10-26(32)11-6-23)24-7-12-27(33)13-8-24/h5-14,16-19,21,30H,3-4,15H2,1-2H3,(H,36,37)/t21-/m0/s1. The summed E-state index contributed by atoms with van der Waals surface area (Å²) in [7, 11) is 0. The fourth-order valence-corrected chi connectivity index (χ4v) is 4.53. The van der Waals surface area contributed by atoms with Crippen LogP contribution in [-0.2, 0) is 17.8 Å². The number of benzene rings is 3. The van der Waals surface area contributed by atoms with E-state index in [9.17, 15) is 18.4 Å². The second kappa shape index (κ2) is 11.9. The Morgan fingerprint density at radius 3 is 2.05 bits per heavy atom. The van der Waals surface area contributed by atoms with Crippen LogP contribution in [0.1, 0.15) is 47.1 Å². The van der Waals surface area contributed by atoms with Gasteiger partial charge in [0.25, 0.3) is 5.56 Å². The van der Waals surface area contributed by atoms with Crippen molar-refractivity contribution in [2.24, 2.45) is 0 Å². The van der Waals surface area contributed by atoms with Crippen LogP contribution in [0.25, 0.3) is 0 Å². The van der Waals surface area contributed by atoms with Crippen LogP contribution in [0.2, 0.25) is 0 Å². The molecule has 0 aliphatic carbocycles. The first-order valence-electron chi connectivity index (χ1n) is 12.4. The van der Waals surface area contributed by atoms with Gasteiger partial charge in [0.2, 0.25) is 0 Å². The van der Waals surface area contributed by atoms with Crippen LogP contribution in [0.3, 0.4) is 0 Å². The van der Waals surface area contributed by atoms with Crippen molar-refractivity contribution in [3.05, 3.63) is 135 Å². The lowest BCUT2D eigenvalue weighted by Gasteiger charge is -2.20. The van der Waals surface area contributed by atoms with Gasteiger partial charge < -0.3 is 14.4 Å². The molecule has 1 aromatic heterocycles. The molecule has 0 saturated heterocycles. The monoisotopic (exact) mass is 517 g/mol. The zero-order valence-electron chi connectivity index (χ0n) is 21.2. The minimum Gasteiger partial charge on any atom is -0.479 e. The van der Waals surface area contributed by atoms with E-state index in [2.05, 4.69) is 0 Å². The van der Waals surface area contributed by atoms with Gasteiger partial charge >= 0.3 is 5.97 Å². The summed E-state index contributed by atoms with van der Waals surface area (Å²) >= 11 is 0. The first-order chi connectivity index (χ1) is 18.2. The lowest BCUT2D eigenvalue weighted by atomic mass is 9.86. The third-order valence-electron chi connectivity index (χ3n) is 6.38. The van der Waals surface area contributed by atoms with E-state index >= 15 is 0 Å². The second-order valence-electron chi connectivity index (χ2n) is 9.39. The number of hydrogen-bond acceptors (Lipinski definition) is 3. The summed E-state index contributed by atoms with van der Waals surface area (Å²) in [5, 5.41) is 9.12. The number of carboxylic acids is 1. The fourth-order valence-electron chi connectivity index (χ4n) is 4.53. The van der Waals surface area contributed by atoms with Gasteiger partial charge in [-0.05, 0) is 90.9 Å². The SMILES string of the molecule is Cc1cc(CCCn2cc(C(c3ccc(F)cc3)c3ccc(F)cc3)ccc2=O)cc(O[C@@H](C)C(=O)O)c1. The van der Waals surface area contributed by atoms with Crippen molar-refractivity contribution in [3.8, 4) is 5.75 Å². The van der Waals surface area contributed by atoms with Crippen molar-refractivity contribution in [1.29, 1.82) is 0 Å². The molecule has 7 heteroatoms. The summed E-state index contributed by atoms with van der Waals surface area (Å²) in [6.07, 6.45) is 2.17. The number of carbonyl (C=O) groups is 1. The number of nitrogens with zero attached hydrogens (tertiary/aromatic N) is 1. The van der Waals surface area contributed by atoms with Gasteiger partial charge in [-0.15, -0.1) is 0 Å². The molecule has 0 unspecified atom stereocenters. The third-order valence-corrected chi connectivity index (χ3v) is 6.38. The molecular weight excluding hydrogens is 488 g/mol. The molecule has 0 fully saturated rings. The Morgan fingerprint density at radius 1 is 0.895 bits per heavy atom. The van der Waals surface area contributed by atoms with Crippen LogP contribution in [0.4, 0.5) is 8.78 Å². The third kappa shape index (κ3) is 6.73. The summed E-state index contributed by atoms with van der Waals surface area (Å²) in [5.74, 6) is -1.55. The summed E-state index contributed by atoms with van der Waals surface area (Å²) in [6, 6.07) is 21.2. The van der Waals surface area contributed by atoms with E-state index in [0.29, 0.717) is 25.1 Å². The Morgan fingerprint density at radius 2 is 1.47 bits per heavy atom. The number of hydrogen-bond donors (Lipinski definition) is 1. The molecule has 4 rings (SSSR count). The van der Waals surface area contributed by atoms with Gasteiger partial charge in [-0.25, -0.2) is 13.6 Å². The molecule has 5 nitrogen and oxygen atoms in total. The molecule has 3 aromatic carbocycles. The number of carboxylic acid groups (broad SMARTS) is 1. The van der Waals surface area contributed by atoms with Crippen molar-refractivity contribution in [2.45, 2.75) is 45.3 Å². The minimum absolute atomic E-state index is 0.144. The molecule has 38 heavy (non-hydrogen) atoms. The van der Waals surface area contributed by atoms with Crippen molar-refractivity contribution >= 4 is 5.97 Å². The second-order valence-corrected chi connectivity index (χ2v) is 9.39. The summed E-state index contributed by atoms with van der Waals surface area (Å²) in [4.78, 5) is 23.8. The Labute approximate surface area is 220 Å². The highest BCUT2D eigenvalue weighted by molar-refractivity contribution is 5.72. The zero-order valence-corrected chi connectivity index (χ0v) is 21.2. The van der Waals surface area contributed by atoms with Gasteiger partial charge in [0.05, 0.1) is 0 Å². The Bertz CT molecular complexity index is 1420. The van der Waals surface area contributed by atoms with Crippen LogP contribution in [0, 0.1) is 18.6 Å². The largest absolute Gasteiger partial charge is 0.479 e. The normalized spacial score (nSPS) is 11.9. The number of aromatic nitrogens is 1. The molecular formula is C31H29F2NO4. The van der Waals surface area contributed by atoms with Gasteiger partial charge in [0.15, 0.2) is 6.10 Å². The predicted octanol–water partition coefficient (Wildman–Crippen LogP) is 6.10. The maximum atomic E-state index is 13.6. The van der Waals surface area contributed by atoms with E-state index in [0.717, 1.165) is 27.8 Å². The van der Waals surface area contributed by atoms with Gasteiger partial charge in [-0.2, -0.15) is 0 Å². The Hall–Kier alpha value is -4.26. The van der Waals surface area contributed by atoms with E-state index in [1.807, 2.05) is 19.1 Å². The Kier molecular flexibility index (Phi) is 8.36. The van der Waals surface area contributed by atoms with Gasteiger partial charge in [-0.3, -0.25) is 4.79 Å². The lowest BCUT2D eigenvalue weighted by molar-refractivity contribution is -0.144. The lowest BCUT2D eigenvalue weighted by Crippen LogP contribution is -2.23. The molecule has 1 heterocycles. The molecule has 1 N–H and O–H groups in total. The molecule has 0 radical (unpaired) electrons. The van der Waals surface area contributed by atoms with Gasteiger partial charge in [0, 0.05) is 24.7 Å². The number of aliphatic carboxylic acids is 1. The first kappa shape index (κ1) is 26.8. The summed E-state index contributed by atoms with van der Waals surface area (Å²) in [5.41, 5.74) is 4.27. The predicted molar refractivity (Wildman–Crippen MR) is 142 cm³/mol. The van der Waals surface area contributed by atoms with Crippen LogP contribution in [-0.4, -0.2) is 21.7 Å². The first-order valence-corrected chi connectivity index (χ1v) is 12.4. The molecule has 0 aliphatic heterocycles. The number of halogens is 2. The zero-order chi connectivity index (χ0) is 27.2. The van der Waals surface area contributed by atoms with Crippen LogP contribution < -0.4 is 10.3 Å². The quantitative estimate of drug-likeness (QED) is 0.276. The summed E-state index contributed by atoms with van der Waals surface area (Å²) in [6.45, 7) is 3.86.